The molecule has 1 aliphatic rings. The summed E-state index contributed by atoms with van der Waals surface area (Å²) in [5, 5.41) is 0.993. The molecule has 0 radical (unpaired) electrons. The van der Waals surface area contributed by atoms with E-state index in [4.69, 9.17) is 0 Å². The van der Waals surface area contributed by atoms with Gasteiger partial charge in [0.05, 0.1) is 5.52 Å². The van der Waals surface area contributed by atoms with Gasteiger partial charge in [-0.3, -0.25) is 9.78 Å². The van der Waals surface area contributed by atoms with Gasteiger partial charge in [0, 0.05) is 53.3 Å². The van der Waals surface area contributed by atoms with Crippen molar-refractivity contribution >= 4 is 38.2 Å². The number of hydrogen-bond acceptors (Lipinski definition) is 5. The molecule has 1 fully saturated rings. The molecule has 0 bridgehead atoms. The summed E-state index contributed by atoms with van der Waals surface area (Å²) in [7, 11) is -3.67. The molecule has 2 aromatic carbocycles. The van der Waals surface area contributed by atoms with E-state index >= 15 is 0 Å². The minimum atomic E-state index is -3.67. The van der Waals surface area contributed by atoms with Crippen LogP contribution in [0.1, 0.15) is 17.3 Å². The summed E-state index contributed by atoms with van der Waals surface area (Å²) >= 11 is 1.27. The molecule has 1 atom stereocenters. The minimum Gasteiger partial charge on any atom is -0.336 e. The number of para-hydroxylation sites is 1. The van der Waals surface area contributed by atoms with E-state index < -0.39 is 10.0 Å². The summed E-state index contributed by atoms with van der Waals surface area (Å²) in [4.78, 5) is 19.8. The Hall–Kier alpha value is -3.07. The Kier molecular flexibility index (Phi) is 5.74. The average molecular weight is 478 g/mol. The molecule has 2 aromatic heterocycles. The van der Waals surface area contributed by atoms with Gasteiger partial charge in [-0.15, -0.1) is 11.3 Å². The molecule has 0 aliphatic carbocycles. The molecule has 3 heterocycles. The Morgan fingerprint density at radius 2 is 1.73 bits per heavy atom. The van der Waals surface area contributed by atoms with Crippen LogP contribution in [0.4, 0.5) is 0 Å². The largest absolute Gasteiger partial charge is 0.336 e. The molecule has 6 nitrogen and oxygen atoms in total. The van der Waals surface area contributed by atoms with Gasteiger partial charge in [-0.1, -0.05) is 36.4 Å². The van der Waals surface area contributed by atoms with Crippen LogP contribution < -0.4 is 0 Å². The number of fused-ring (bicyclic) bond motifs is 1. The highest BCUT2D eigenvalue weighted by Crippen LogP contribution is 2.36. The van der Waals surface area contributed by atoms with Crippen LogP contribution in [0.25, 0.3) is 21.3 Å². The zero-order chi connectivity index (χ0) is 23.0. The summed E-state index contributed by atoms with van der Waals surface area (Å²) in [6, 6.07) is 22.1. The van der Waals surface area contributed by atoms with Crippen LogP contribution in [0.15, 0.2) is 83.2 Å². The number of carbonyl (C=O) groups is 1. The molecule has 0 spiro atoms. The molecule has 0 N–H and O–H groups in total. The van der Waals surface area contributed by atoms with Crippen LogP contribution in [0.5, 0.6) is 0 Å². The quantitative estimate of drug-likeness (QED) is 0.434. The maximum atomic E-state index is 13.5. The predicted molar refractivity (Wildman–Crippen MR) is 131 cm³/mol. The maximum absolute atomic E-state index is 13.5. The Morgan fingerprint density at radius 1 is 0.970 bits per heavy atom. The van der Waals surface area contributed by atoms with Crippen molar-refractivity contribution in [3.63, 3.8) is 0 Å². The number of pyridine rings is 1. The van der Waals surface area contributed by atoms with Gasteiger partial charge in [-0.2, -0.15) is 4.31 Å². The number of rotatable bonds is 4. The third-order valence-electron chi connectivity index (χ3n) is 5.93. The number of amides is 1. The van der Waals surface area contributed by atoms with Crippen molar-refractivity contribution in [1.82, 2.24) is 14.2 Å². The predicted octanol–water partition coefficient (Wildman–Crippen LogP) is 4.50. The van der Waals surface area contributed by atoms with Gasteiger partial charge < -0.3 is 4.90 Å². The summed E-state index contributed by atoms with van der Waals surface area (Å²) in [5.41, 5.74) is 2.47. The summed E-state index contributed by atoms with van der Waals surface area (Å²) in [5.74, 6) is -0.0672. The lowest BCUT2D eigenvalue weighted by atomic mass is 10.1. The molecule has 5 rings (SSSR count). The zero-order valence-electron chi connectivity index (χ0n) is 18.1. The number of nitrogens with zero attached hydrogens (tertiary/aromatic N) is 3. The van der Waals surface area contributed by atoms with Crippen LogP contribution >= 0.6 is 11.3 Å². The number of hydrogen-bond donors (Lipinski definition) is 0. The van der Waals surface area contributed by atoms with E-state index in [0.29, 0.717) is 22.9 Å². The molecular weight excluding hydrogens is 454 g/mol. The molecule has 168 valence electrons. The zero-order valence-corrected chi connectivity index (χ0v) is 19.7. The number of benzene rings is 2. The van der Waals surface area contributed by atoms with Crippen molar-refractivity contribution < 1.29 is 13.2 Å². The lowest BCUT2D eigenvalue weighted by Crippen LogP contribution is -2.55. The second-order valence-electron chi connectivity index (χ2n) is 8.08. The highest BCUT2D eigenvalue weighted by molar-refractivity contribution is 7.91. The number of sulfonamides is 1. The second-order valence-corrected chi connectivity index (χ2v) is 11.3. The van der Waals surface area contributed by atoms with Crippen LogP contribution in [-0.2, 0) is 10.0 Å². The lowest BCUT2D eigenvalue weighted by molar-refractivity contribution is 0.0642. The summed E-state index contributed by atoms with van der Waals surface area (Å²) < 4.78 is 28.8. The second kappa shape index (κ2) is 8.70. The topological polar surface area (TPSA) is 70.6 Å². The molecule has 1 unspecified atom stereocenters. The Balaban J connectivity index is 1.38. The summed E-state index contributed by atoms with van der Waals surface area (Å²) in [6.07, 6.45) is 1.75. The highest BCUT2D eigenvalue weighted by atomic mass is 32.2. The lowest BCUT2D eigenvalue weighted by Gasteiger charge is -2.38. The van der Waals surface area contributed by atoms with Gasteiger partial charge in [0.1, 0.15) is 4.21 Å². The van der Waals surface area contributed by atoms with E-state index in [0.717, 1.165) is 21.3 Å². The van der Waals surface area contributed by atoms with Crippen molar-refractivity contribution in [2.75, 3.05) is 19.6 Å². The van der Waals surface area contributed by atoms with E-state index in [-0.39, 0.29) is 18.5 Å². The van der Waals surface area contributed by atoms with Crippen molar-refractivity contribution in [3.05, 3.63) is 84.6 Å². The van der Waals surface area contributed by atoms with Crippen LogP contribution in [0.3, 0.4) is 0 Å². The van der Waals surface area contributed by atoms with Crippen LogP contribution in [0.2, 0.25) is 0 Å². The van der Waals surface area contributed by atoms with Crippen molar-refractivity contribution in [2.45, 2.75) is 17.2 Å². The number of thiophene rings is 1. The smallest absolute Gasteiger partial charge is 0.253 e. The number of piperazine rings is 1. The number of aromatic nitrogens is 1. The summed E-state index contributed by atoms with van der Waals surface area (Å²) in [6.45, 7) is 2.85. The third kappa shape index (κ3) is 4.06. The SMILES string of the molecule is CC1CN(C(=O)c2ccccc2)CCN1S(=O)(=O)c1ccc(-c2ccnc3ccccc23)s1. The van der Waals surface area contributed by atoms with E-state index in [9.17, 15) is 13.2 Å². The molecule has 4 aromatic rings. The molecule has 8 heteroatoms. The molecule has 33 heavy (non-hydrogen) atoms. The van der Waals surface area contributed by atoms with Gasteiger partial charge in [-0.05, 0) is 43.3 Å². The molecular formula is C25H23N3O3S2. The van der Waals surface area contributed by atoms with Gasteiger partial charge in [0.15, 0.2) is 0 Å². The minimum absolute atomic E-state index is 0.0672. The average Bonchev–Trinajstić information content (AvgIpc) is 3.35. The first-order valence-electron chi connectivity index (χ1n) is 10.8. The van der Waals surface area contributed by atoms with E-state index in [1.54, 1.807) is 29.3 Å². The van der Waals surface area contributed by atoms with Crippen LogP contribution in [0, 0.1) is 0 Å². The van der Waals surface area contributed by atoms with Crippen LogP contribution in [-0.4, -0.2) is 54.2 Å². The molecule has 1 amide bonds. The monoisotopic (exact) mass is 477 g/mol. The maximum Gasteiger partial charge on any atom is 0.253 e. The fraction of sp³-hybridized carbons (Fsp3) is 0.200. The van der Waals surface area contributed by atoms with Crippen molar-refractivity contribution in [2.24, 2.45) is 0 Å². The Morgan fingerprint density at radius 3 is 2.52 bits per heavy atom. The van der Waals surface area contributed by atoms with Crippen molar-refractivity contribution in [1.29, 1.82) is 0 Å². The molecule has 1 saturated heterocycles. The fourth-order valence-electron chi connectivity index (χ4n) is 4.28. The first-order valence-corrected chi connectivity index (χ1v) is 13.0. The number of carbonyl (C=O) groups excluding carboxylic acids is 1. The molecule has 0 saturated carbocycles. The van der Waals surface area contributed by atoms with Gasteiger partial charge in [0.2, 0.25) is 0 Å². The van der Waals surface area contributed by atoms with Gasteiger partial charge >= 0.3 is 0 Å². The highest BCUT2D eigenvalue weighted by Gasteiger charge is 2.36. The first-order chi connectivity index (χ1) is 15.9. The standard InChI is InChI=1S/C25H23N3O3S2/c1-18-17-27(25(29)19-7-3-2-4-8-19)15-16-28(18)33(30,31)24-12-11-23(32-24)21-13-14-26-22-10-6-5-9-20(21)22/h2-14,18H,15-17H2,1H3. The first kappa shape index (κ1) is 21.8. The van der Waals surface area contributed by atoms with Gasteiger partial charge in [0.25, 0.3) is 15.9 Å². The fourth-order valence-corrected chi connectivity index (χ4v) is 7.36. The Labute approximate surface area is 197 Å². The van der Waals surface area contributed by atoms with E-state index in [1.807, 2.05) is 61.5 Å². The third-order valence-corrected chi connectivity index (χ3v) is 9.53. The van der Waals surface area contributed by atoms with Crippen molar-refractivity contribution in [3.8, 4) is 10.4 Å². The normalized spacial score (nSPS) is 17.4. The van der Waals surface area contributed by atoms with E-state index in [1.165, 1.54) is 15.6 Å². The molecule has 1 aliphatic heterocycles. The van der Waals surface area contributed by atoms with E-state index in [2.05, 4.69) is 4.98 Å². The van der Waals surface area contributed by atoms with Gasteiger partial charge in [-0.25, -0.2) is 8.42 Å². The Bertz CT molecular complexity index is 1410.